The number of rotatable bonds is 5. The van der Waals surface area contributed by atoms with Crippen molar-refractivity contribution in [3.8, 4) is 0 Å². The molecular weight excluding hydrogens is 202 g/mol. The van der Waals surface area contributed by atoms with Gasteiger partial charge in [0.2, 0.25) is 5.91 Å². The van der Waals surface area contributed by atoms with Crippen LogP contribution in [0.2, 0.25) is 0 Å². The van der Waals surface area contributed by atoms with Gasteiger partial charge in [-0.15, -0.1) is 0 Å². The van der Waals surface area contributed by atoms with Crippen molar-refractivity contribution < 1.29 is 4.79 Å². The minimum absolute atomic E-state index is 0.0302. The Bertz CT molecular complexity index is 330. The van der Waals surface area contributed by atoms with Crippen molar-refractivity contribution in [2.45, 2.75) is 45.1 Å². The summed E-state index contributed by atoms with van der Waals surface area (Å²) in [6.07, 6.45) is 8.76. The Morgan fingerprint density at radius 3 is 3.00 bits per heavy atom. The van der Waals surface area contributed by atoms with Gasteiger partial charge in [0.15, 0.2) is 0 Å². The number of nitrogens with one attached hydrogen (secondary N) is 2. The molecule has 2 rings (SSSR count). The third-order valence-corrected chi connectivity index (χ3v) is 3.29. The Hall–Kier alpha value is -1.32. The molecule has 4 nitrogen and oxygen atoms in total. The number of hydrogen-bond donors (Lipinski definition) is 2. The number of imidazole rings is 1. The zero-order valence-corrected chi connectivity index (χ0v) is 9.70. The van der Waals surface area contributed by atoms with Crippen molar-refractivity contribution in [3.63, 3.8) is 0 Å². The molecule has 1 fully saturated rings. The summed E-state index contributed by atoms with van der Waals surface area (Å²) in [7, 11) is 0. The Morgan fingerprint density at radius 1 is 1.69 bits per heavy atom. The van der Waals surface area contributed by atoms with E-state index >= 15 is 0 Å². The maximum atomic E-state index is 11.8. The van der Waals surface area contributed by atoms with E-state index in [0.29, 0.717) is 12.3 Å². The summed E-state index contributed by atoms with van der Waals surface area (Å²) in [6.45, 7) is 2.05. The number of carbonyl (C=O) groups is 1. The molecule has 1 heterocycles. The summed E-state index contributed by atoms with van der Waals surface area (Å²) in [5.41, 5.74) is 0. The van der Waals surface area contributed by atoms with Crippen LogP contribution >= 0.6 is 0 Å². The first-order valence-corrected chi connectivity index (χ1v) is 6.08. The molecule has 0 aliphatic heterocycles. The van der Waals surface area contributed by atoms with Crippen LogP contribution in [0.4, 0.5) is 0 Å². The molecule has 1 aliphatic carbocycles. The van der Waals surface area contributed by atoms with E-state index in [4.69, 9.17) is 0 Å². The maximum absolute atomic E-state index is 11.8. The summed E-state index contributed by atoms with van der Waals surface area (Å²) >= 11 is 0. The fraction of sp³-hybridized carbons (Fsp3) is 0.667. The lowest BCUT2D eigenvalue weighted by molar-refractivity contribution is -0.123. The largest absolute Gasteiger partial charge is 0.347 e. The molecule has 0 bridgehead atoms. The first-order chi connectivity index (χ1) is 7.79. The Labute approximate surface area is 95.9 Å². The van der Waals surface area contributed by atoms with E-state index in [1.165, 1.54) is 19.3 Å². The smallest absolute Gasteiger partial charge is 0.220 e. The molecule has 1 aromatic heterocycles. The topological polar surface area (TPSA) is 57.8 Å². The fourth-order valence-electron chi connectivity index (χ4n) is 2.04. The highest BCUT2D eigenvalue weighted by molar-refractivity contribution is 5.76. The molecule has 1 aromatic rings. The van der Waals surface area contributed by atoms with Gasteiger partial charge in [-0.2, -0.15) is 0 Å². The lowest BCUT2D eigenvalue weighted by Gasteiger charge is -2.25. The SMILES string of the molecule is CCC(NC(=O)CC1CCC1)c1ncc[nH]1. The fourth-order valence-corrected chi connectivity index (χ4v) is 2.04. The summed E-state index contributed by atoms with van der Waals surface area (Å²) in [5, 5.41) is 3.04. The predicted octanol–water partition coefficient (Wildman–Crippen LogP) is 2.17. The lowest BCUT2D eigenvalue weighted by Crippen LogP contribution is -2.31. The lowest BCUT2D eigenvalue weighted by atomic mass is 9.83. The minimum Gasteiger partial charge on any atom is -0.347 e. The highest BCUT2D eigenvalue weighted by Crippen LogP contribution is 2.29. The van der Waals surface area contributed by atoms with Gasteiger partial charge in [0.1, 0.15) is 5.82 Å². The molecule has 4 heteroatoms. The molecule has 1 saturated carbocycles. The molecule has 1 aliphatic rings. The van der Waals surface area contributed by atoms with Crippen LogP contribution in [-0.4, -0.2) is 15.9 Å². The quantitative estimate of drug-likeness (QED) is 0.800. The van der Waals surface area contributed by atoms with Crippen molar-refractivity contribution >= 4 is 5.91 Å². The van der Waals surface area contributed by atoms with Crippen LogP contribution in [0.25, 0.3) is 0 Å². The third-order valence-electron chi connectivity index (χ3n) is 3.29. The highest BCUT2D eigenvalue weighted by Gasteiger charge is 2.22. The molecule has 0 radical (unpaired) electrons. The number of aromatic amines is 1. The Balaban J connectivity index is 1.83. The molecule has 0 saturated heterocycles. The third kappa shape index (κ3) is 2.62. The van der Waals surface area contributed by atoms with E-state index < -0.39 is 0 Å². The number of amides is 1. The van der Waals surface area contributed by atoms with Crippen LogP contribution < -0.4 is 5.32 Å². The van der Waals surface area contributed by atoms with Crippen LogP contribution in [0.3, 0.4) is 0 Å². The molecule has 0 spiro atoms. The summed E-state index contributed by atoms with van der Waals surface area (Å²) in [5.74, 6) is 1.63. The van der Waals surface area contributed by atoms with Crippen LogP contribution in [0.1, 0.15) is 50.9 Å². The summed E-state index contributed by atoms with van der Waals surface area (Å²) in [4.78, 5) is 19.0. The van der Waals surface area contributed by atoms with Crippen molar-refractivity contribution in [1.82, 2.24) is 15.3 Å². The van der Waals surface area contributed by atoms with E-state index in [9.17, 15) is 4.79 Å². The first kappa shape index (κ1) is 11.2. The molecule has 16 heavy (non-hydrogen) atoms. The predicted molar refractivity (Wildman–Crippen MR) is 61.7 cm³/mol. The van der Waals surface area contributed by atoms with Crippen molar-refractivity contribution in [3.05, 3.63) is 18.2 Å². The van der Waals surface area contributed by atoms with Gasteiger partial charge in [-0.05, 0) is 25.2 Å². The molecule has 0 aromatic carbocycles. The maximum Gasteiger partial charge on any atom is 0.220 e. The molecule has 2 N–H and O–H groups in total. The number of H-pyrrole nitrogens is 1. The molecule has 88 valence electrons. The average molecular weight is 221 g/mol. The van der Waals surface area contributed by atoms with Crippen LogP contribution in [0, 0.1) is 5.92 Å². The number of aromatic nitrogens is 2. The highest BCUT2D eigenvalue weighted by atomic mass is 16.1. The number of carbonyl (C=O) groups excluding carboxylic acids is 1. The Morgan fingerprint density at radius 2 is 2.50 bits per heavy atom. The van der Waals surface area contributed by atoms with Gasteiger partial charge in [-0.1, -0.05) is 13.3 Å². The molecule has 1 unspecified atom stereocenters. The monoisotopic (exact) mass is 221 g/mol. The van der Waals surface area contributed by atoms with Crippen LogP contribution in [-0.2, 0) is 4.79 Å². The van der Waals surface area contributed by atoms with Gasteiger partial charge < -0.3 is 10.3 Å². The van der Waals surface area contributed by atoms with Crippen molar-refractivity contribution in [2.75, 3.05) is 0 Å². The zero-order valence-electron chi connectivity index (χ0n) is 9.70. The van der Waals surface area contributed by atoms with E-state index in [1.54, 1.807) is 12.4 Å². The molecule has 1 atom stereocenters. The normalized spacial score (nSPS) is 17.8. The number of nitrogens with zero attached hydrogens (tertiary/aromatic N) is 1. The summed E-state index contributed by atoms with van der Waals surface area (Å²) < 4.78 is 0. The zero-order chi connectivity index (χ0) is 11.4. The van der Waals surface area contributed by atoms with E-state index in [1.807, 2.05) is 0 Å². The summed E-state index contributed by atoms with van der Waals surface area (Å²) in [6, 6.07) is 0.0302. The standard InChI is InChI=1S/C12H19N3O/c1-2-10(12-13-6-7-14-12)15-11(16)8-9-4-3-5-9/h6-7,9-10H,2-5,8H2,1H3,(H,13,14)(H,15,16). The van der Waals surface area contributed by atoms with Gasteiger partial charge >= 0.3 is 0 Å². The second kappa shape index (κ2) is 5.14. The van der Waals surface area contributed by atoms with Gasteiger partial charge in [0, 0.05) is 18.8 Å². The molecule has 1 amide bonds. The van der Waals surface area contributed by atoms with Gasteiger partial charge in [0.05, 0.1) is 6.04 Å². The van der Waals surface area contributed by atoms with Crippen molar-refractivity contribution in [2.24, 2.45) is 5.92 Å². The van der Waals surface area contributed by atoms with Gasteiger partial charge in [-0.25, -0.2) is 4.98 Å². The average Bonchev–Trinajstić information content (AvgIpc) is 2.73. The van der Waals surface area contributed by atoms with E-state index in [0.717, 1.165) is 12.2 Å². The first-order valence-electron chi connectivity index (χ1n) is 6.08. The Kier molecular flexibility index (Phi) is 3.59. The number of hydrogen-bond acceptors (Lipinski definition) is 2. The van der Waals surface area contributed by atoms with Gasteiger partial charge in [-0.3, -0.25) is 4.79 Å². The second-order valence-corrected chi connectivity index (χ2v) is 4.50. The minimum atomic E-state index is 0.0302. The van der Waals surface area contributed by atoms with Gasteiger partial charge in [0.25, 0.3) is 0 Å². The van der Waals surface area contributed by atoms with E-state index in [-0.39, 0.29) is 11.9 Å². The second-order valence-electron chi connectivity index (χ2n) is 4.50. The van der Waals surface area contributed by atoms with E-state index in [2.05, 4.69) is 22.2 Å². The van der Waals surface area contributed by atoms with Crippen LogP contribution in [0.15, 0.2) is 12.4 Å². The van der Waals surface area contributed by atoms with Crippen molar-refractivity contribution in [1.29, 1.82) is 0 Å². The van der Waals surface area contributed by atoms with Crippen LogP contribution in [0.5, 0.6) is 0 Å². The molecular formula is C12H19N3O.